The average molecular weight is 465 g/mol. The molecule has 1 spiro atoms. The van der Waals surface area contributed by atoms with Crippen molar-refractivity contribution in [3.63, 3.8) is 0 Å². The molecule has 2 heterocycles. The maximum Gasteiger partial charge on any atom is 0.387 e. The Morgan fingerprint density at radius 3 is 2.71 bits per heavy atom. The zero-order valence-corrected chi connectivity index (χ0v) is 19.0. The van der Waals surface area contributed by atoms with Crippen LogP contribution in [0.1, 0.15) is 66.6 Å². The van der Waals surface area contributed by atoms with Crippen molar-refractivity contribution in [1.82, 2.24) is 9.88 Å². The molecule has 0 amide bonds. The van der Waals surface area contributed by atoms with Gasteiger partial charge in [-0.1, -0.05) is 19.1 Å². The zero-order valence-electron chi connectivity index (χ0n) is 19.0. The van der Waals surface area contributed by atoms with E-state index >= 15 is 0 Å². The fourth-order valence-electron chi connectivity index (χ4n) is 5.44. The van der Waals surface area contributed by atoms with Gasteiger partial charge in [-0.2, -0.15) is 8.78 Å². The van der Waals surface area contributed by atoms with Gasteiger partial charge in [0, 0.05) is 42.7 Å². The Morgan fingerprint density at radius 1 is 1.24 bits per heavy atom. The van der Waals surface area contributed by atoms with Crippen molar-refractivity contribution in [1.29, 1.82) is 0 Å². The van der Waals surface area contributed by atoms with Gasteiger partial charge in [-0.3, -0.25) is 9.59 Å². The molecule has 3 aromatic rings. The van der Waals surface area contributed by atoms with Crippen molar-refractivity contribution >= 4 is 16.7 Å². The largest absolute Gasteiger partial charge is 0.432 e. The highest BCUT2D eigenvalue weighted by Gasteiger charge is 2.46. The molecule has 1 N–H and O–H groups in total. The Morgan fingerprint density at radius 2 is 2.03 bits per heavy atom. The first kappa shape index (κ1) is 21.5. The molecule has 0 atom stereocenters. The van der Waals surface area contributed by atoms with Gasteiger partial charge in [0.15, 0.2) is 17.0 Å². The zero-order chi connectivity index (χ0) is 23.6. The molecule has 2 aromatic carbocycles. The quantitative estimate of drug-likeness (QED) is 0.501. The Kier molecular flexibility index (Phi) is 4.88. The van der Waals surface area contributed by atoms with Gasteiger partial charge in [0.1, 0.15) is 0 Å². The van der Waals surface area contributed by atoms with Gasteiger partial charge >= 0.3 is 6.61 Å². The Hall–Kier alpha value is -3.06. The van der Waals surface area contributed by atoms with Crippen LogP contribution >= 0.6 is 0 Å². The monoisotopic (exact) mass is 464 g/mol. The van der Waals surface area contributed by atoms with Crippen LogP contribution in [0.5, 0.6) is 5.75 Å². The van der Waals surface area contributed by atoms with E-state index in [1.807, 2.05) is 6.07 Å². The maximum atomic E-state index is 13.7. The first-order valence-corrected chi connectivity index (χ1v) is 12.0. The molecule has 2 saturated carbocycles. The van der Waals surface area contributed by atoms with E-state index in [1.54, 1.807) is 29.8 Å². The predicted octanol–water partition coefficient (Wildman–Crippen LogP) is 5.33. The summed E-state index contributed by atoms with van der Waals surface area (Å²) in [5.41, 5.74) is 4.03. The number of ketones is 1. The minimum Gasteiger partial charge on any atom is -0.432 e. The standard InChI is InChI=1S/C27H26F2N2O3/c1-2-22(32)20-13-31(17-4-5-17)23-19(24(20)33)7-6-18(25(23)34-26(28)29)15-3-8-21-16(11-15)12-30-14-27(21)9-10-27/h3,6-8,11,13,17,26,30H,2,4-5,9-10,12,14H2,1H3. The van der Waals surface area contributed by atoms with Gasteiger partial charge < -0.3 is 14.6 Å². The smallest absolute Gasteiger partial charge is 0.387 e. The molecule has 1 aliphatic heterocycles. The number of Topliss-reactive ketones (excluding diaryl/α,β-unsaturated/α-hetero) is 1. The molecule has 1 aromatic heterocycles. The molecular formula is C27H26F2N2O3. The Balaban J connectivity index is 1.59. The number of benzene rings is 2. The normalized spacial score (nSPS) is 18.4. The van der Waals surface area contributed by atoms with Crippen LogP contribution in [0.3, 0.4) is 0 Å². The van der Waals surface area contributed by atoms with Crippen molar-refractivity contribution in [2.75, 3.05) is 6.54 Å². The number of hydrogen-bond acceptors (Lipinski definition) is 4. The van der Waals surface area contributed by atoms with Crippen LogP contribution in [-0.2, 0) is 12.0 Å². The lowest BCUT2D eigenvalue weighted by molar-refractivity contribution is -0.0486. The van der Waals surface area contributed by atoms with Crippen LogP contribution in [-0.4, -0.2) is 23.5 Å². The van der Waals surface area contributed by atoms with Gasteiger partial charge in [0.2, 0.25) is 0 Å². The van der Waals surface area contributed by atoms with Crippen molar-refractivity contribution in [3.8, 4) is 16.9 Å². The number of ether oxygens (including phenoxy) is 1. The summed E-state index contributed by atoms with van der Waals surface area (Å²) in [7, 11) is 0. The van der Waals surface area contributed by atoms with Crippen molar-refractivity contribution in [3.05, 3.63) is 63.4 Å². The number of pyridine rings is 1. The van der Waals surface area contributed by atoms with E-state index in [0.29, 0.717) is 11.1 Å². The highest BCUT2D eigenvalue weighted by Crippen LogP contribution is 2.51. The summed E-state index contributed by atoms with van der Waals surface area (Å²) in [5, 5.41) is 3.72. The number of hydrogen-bond donors (Lipinski definition) is 1. The first-order valence-electron chi connectivity index (χ1n) is 12.0. The first-order chi connectivity index (χ1) is 16.4. The number of fused-ring (bicyclic) bond motifs is 3. The van der Waals surface area contributed by atoms with E-state index in [4.69, 9.17) is 4.74 Å². The average Bonchev–Trinajstić information content (AvgIpc) is 3.75. The molecule has 0 radical (unpaired) electrons. The molecule has 0 bridgehead atoms. The second kappa shape index (κ2) is 7.73. The minimum atomic E-state index is -3.04. The Bertz CT molecular complexity index is 1390. The Labute approximate surface area is 195 Å². The van der Waals surface area contributed by atoms with E-state index in [2.05, 4.69) is 17.4 Å². The number of alkyl halides is 2. The fourth-order valence-corrected chi connectivity index (χ4v) is 5.44. The SMILES string of the molecule is CCC(=O)c1cn(C2CC2)c2c(OC(F)F)c(-c3ccc4c(c3)CNCC43CC3)ccc2c1=O. The summed E-state index contributed by atoms with van der Waals surface area (Å²) in [6.07, 6.45) is 5.80. The summed E-state index contributed by atoms with van der Waals surface area (Å²) in [4.78, 5) is 25.6. The number of nitrogens with one attached hydrogen (secondary N) is 1. The molecular weight excluding hydrogens is 438 g/mol. The van der Waals surface area contributed by atoms with Crippen LogP contribution < -0.4 is 15.5 Å². The third-order valence-corrected chi connectivity index (χ3v) is 7.54. The number of nitrogens with zero attached hydrogens (tertiary/aromatic N) is 1. The summed E-state index contributed by atoms with van der Waals surface area (Å²) >= 11 is 0. The predicted molar refractivity (Wildman–Crippen MR) is 126 cm³/mol. The molecule has 34 heavy (non-hydrogen) atoms. The lowest BCUT2D eigenvalue weighted by atomic mass is 9.86. The van der Waals surface area contributed by atoms with E-state index < -0.39 is 12.0 Å². The summed E-state index contributed by atoms with van der Waals surface area (Å²) < 4.78 is 34.3. The third kappa shape index (κ3) is 3.36. The summed E-state index contributed by atoms with van der Waals surface area (Å²) in [5.74, 6) is -0.255. The van der Waals surface area contributed by atoms with Crippen LogP contribution in [0.25, 0.3) is 22.0 Å². The lowest BCUT2D eigenvalue weighted by Gasteiger charge is -2.27. The van der Waals surface area contributed by atoms with Crippen molar-refractivity contribution in [2.45, 2.75) is 63.6 Å². The number of halogens is 2. The van der Waals surface area contributed by atoms with Crippen molar-refractivity contribution < 1.29 is 18.3 Å². The van der Waals surface area contributed by atoms with Crippen LogP contribution in [0.15, 0.2) is 41.3 Å². The number of carbonyl (C=O) groups is 1. The van der Waals surface area contributed by atoms with E-state index in [9.17, 15) is 18.4 Å². The molecule has 2 aliphatic carbocycles. The van der Waals surface area contributed by atoms with Gasteiger partial charge in [-0.25, -0.2) is 0 Å². The van der Waals surface area contributed by atoms with Crippen LogP contribution in [0, 0.1) is 0 Å². The lowest BCUT2D eigenvalue weighted by Crippen LogP contribution is -2.33. The van der Waals surface area contributed by atoms with Gasteiger partial charge in [-0.15, -0.1) is 0 Å². The molecule has 176 valence electrons. The molecule has 0 saturated heterocycles. The molecule has 3 aliphatic rings. The molecule has 7 heteroatoms. The van der Waals surface area contributed by atoms with Gasteiger partial charge in [-0.05, 0) is 60.6 Å². The summed E-state index contributed by atoms with van der Waals surface area (Å²) in [6, 6.07) is 9.52. The topological polar surface area (TPSA) is 60.3 Å². The van der Waals surface area contributed by atoms with Crippen molar-refractivity contribution in [2.24, 2.45) is 0 Å². The minimum absolute atomic E-state index is 0.00292. The second-order valence-electron chi connectivity index (χ2n) is 9.76. The molecule has 5 nitrogen and oxygen atoms in total. The van der Waals surface area contributed by atoms with Crippen LogP contribution in [0.4, 0.5) is 8.78 Å². The number of carbonyl (C=O) groups excluding carboxylic acids is 1. The maximum absolute atomic E-state index is 13.7. The van der Waals surface area contributed by atoms with E-state index in [1.165, 1.54) is 11.1 Å². The summed E-state index contributed by atoms with van der Waals surface area (Å²) in [6.45, 7) is 0.372. The fraction of sp³-hybridized carbons (Fsp3) is 0.407. The number of rotatable bonds is 6. The number of aromatic nitrogens is 1. The second-order valence-corrected chi connectivity index (χ2v) is 9.76. The van der Waals surface area contributed by atoms with Crippen LogP contribution in [0.2, 0.25) is 0 Å². The third-order valence-electron chi connectivity index (χ3n) is 7.54. The van der Waals surface area contributed by atoms with E-state index in [-0.39, 0.29) is 40.4 Å². The molecule has 2 fully saturated rings. The highest BCUT2D eigenvalue weighted by molar-refractivity contribution is 6.01. The molecule has 6 rings (SSSR count). The highest BCUT2D eigenvalue weighted by atomic mass is 19.3. The van der Waals surface area contributed by atoms with Gasteiger partial charge in [0.25, 0.3) is 0 Å². The molecule has 0 unspecified atom stereocenters. The van der Waals surface area contributed by atoms with E-state index in [0.717, 1.165) is 44.3 Å². The van der Waals surface area contributed by atoms with Gasteiger partial charge in [0.05, 0.1) is 16.5 Å².